The average Bonchev–Trinajstić information content (AvgIpc) is 2.40. The number of nitrogens with one attached hydrogen (secondary N) is 1. The van der Waals surface area contributed by atoms with Gasteiger partial charge in [-0.2, -0.15) is 13.2 Å². The zero-order valence-electron chi connectivity index (χ0n) is 11.8. The molecule has 1 aromatic heterocycles. The van der Waals surface area contributed by atoms with Crippen LogP contribution in [-0.4, -0.2) is 21.3 Å². The van der Waals surface area contributed by atoms with Gasteiger partial charge < -0.3 is 16.2 Å². The molecule has 4 N–H and O–H groups in total. The molecule has 0 aliphatic rings. The highest BCUT2D eigenvalue weighted by atomic mass is 19.4. The van der Waals surface area contributed by atoms with Crippen LogP contribution in [0.1, 0.15) is 22.5 Å². The average molecular weight is 310 g/mol. The second-order valence-electron chi connectivity index (χ2n) is 4.76. The second kappa shape index (κ2) is 5.28. The van der Waals surface area contributed by atoms with Crippen LogP contribution in [0.25, 0.3) is 11.3 Å². The zero-order valence-corrected chi connectivity index (χ0v) is 11.8. The number of benzene rings is 1. The Labute approximate surface area is 124 Å². The minimum Gasteiger partial charge on any atom is -0.507 e. The van der Waals surface area contributed by atoms with E-state index in [0.717, 1.165) is 12.3 Å². The van der Waals surface area contributed by atoms with E-state index >= 15 is 0 Å². The molecule has 0 radical (unpaired) electrons. The van der Waals surface area contributed by atoms with Crippen molar-refractivity contribution in [3.8, 4) is 17.0 Å². The van der Waals surface area contributed by atoms with Crippen molar-refractivity contribution in [1.82, 2.24) is 9.97 Å². The molecule has 0 amide bonds. The monoisotopic (exact) mass is 310 g/mol. The van der Waals surface area contributed by atoms with Gasteiger partial charge in [0.25, 0.3) is 0 Å². The lowest BCUT2D eigenvalue weighted by Crippen LogP contribution is -2.08. The molecule has 0 saturated heterocycles. The fourth-order valence-corrected chi connectivity index (χ4v) is 2.13. The van der Waals surface area contributed by atoms with Crippen LogP contribution in [0.15, 0.2) is 12.1 Å². The minimum absolute atomic E-state index is 0.0331. The predicted octanol–water partition coefficient (Wildman–Crippen LogP) is 3.06. The third-order valence-corrected chi connectivity index (χ3v) is 3.14. The maximum atomic E-state index is 12.7. The van der Waals surface area contributed by atoms with Gasteiger partial charge in [-0.1, -0.05) is 0 Å². The van der Waals surface area contributed by atoms with E-state index in [1.807, 2.05) is 0 Å². The first-order valence-electron chi connectivity index (χ1n) is 6.21. The molecule has 0 aliphatic heterocycles. The summed E-state index contributed by atoms with van der Waals surface area (Å²) < 4.78 is 38.2. The highest BCUT2D eigenvalue weighted by molar-refractivity contribution is 5.83. The van der Waals surface area contributed by atoms with Crippen LogP contribution in [0.4, 0.5) is 19.0 Å². The number of anilines is 1. The predicted molar refractivity (Wildman–Crippen MR) is 75.9 cm³/mol. The zero-order chi connectivity index (χ0) is 16.7. The molecule has 0 bridgehead atoms. The van der Waals surface area contributed by atoms with Gasteiger partial charge >= 0.3 is 6.18 Å². The number of nitrogen functional groups attached to an aromatic ring is 1. The van der Waals surface area contributed by atoms with E-state index in [0.29, 0.717) is 11.8 Å². The van der Waals surface area contributed by atoms with E-state index in [1.54, 1.807) is 6.92 Å². The molecule has 5 nitrogen and oxygen atoms in total. The lowest BCUT2D eigenvalue weighted by Gasteiger charge is -2.15. The topological polar surface area (TPSA) is 95.9 Å². The van der Waals surface area contributed by atoms with Crippen LogP contribution in [0.3, 0.4) is 0 Å². The fraction of sp³-hybridized carbons (Fsp3) is 0.214. The van der Waals surface area contributed by atoms with Gasteiger partial charge in [-0.3, -0.25) is 0 Å². The van der Waals surface area contributed by atoms with Crippen LogP contribution in [0.5, 0.6) is 5.75 Å². The summed E-state index contributed by atoms with van der Waals surface area (Å²) in [5.74, 6) is -0.582. The third-order valence-electron chi connectivity index (χ3n) is 3.14. The second-order valence-corrected chi connectivity index (χ2v) is 4.76. The van der Waals surface area contributed by atoms with Gasteiger partial charge in [0.05, 0.1) is 17.0 Å². The standard InChI is InChI=1S/C14H13F3N4O/c1-6-3-8(14(15,16)17)4-10(22)11(6)12-7(2)20-9(5-18)13(19)21-12/h3-5,18,22H,1-2H3,(H2,19,21). The third kappa shape index (κ3) is 2.72. The summed E-state index contributed by atoms with van der Waals surface area (Å²) in [6.45, 7) is 3.01. The molecule has 2 rings (SSSR count). The molecule has 8 heteroatoms. The summed E-state index contributed by atoms with van der Waals surface area (Å²) in [5.41, 5.74) is 5.75. The van der Waals surface area contributed by atoms with Gasteiger partial charge in [0.1, 0.15) is 11.4 Å². The lowest BCUT2D eigenvalue weighted by atomic mass is 9.99. The summed E-state index contributed by atoms with van der Waals surface area (Å²) in [4.78, 5) is 8.11. The van der Waals surface area contributed by atoms with Crippen molar-refractivity contribution in [1.29, 1.82) is 5.41 Å². The quantitative estimate of drug-likeness (QED) is 0.743. The molecule has 1 aromatic carbocycles. The van der Waals surface area contributed by atoms with Crippen molar-refractivity contribution in [3.63, 3.8) is 0 Å². The number of hydrogen-bond donors (Lipinski definition) is 3. The number of phenolic OH excluding ortho intramolecular Hbond substituents is 1. The summed E-state index contributed by atoms with van der Waals surface area (Å²) in [6, 6.07) is 1.57. The summed E-state index contributed by atoms with van der Waals surface area (Å²) in [7, 11) is 0. The van der Waals surface area contributed by atoms with E-state index in [2.05, 4.69) is 9.97 Å². The van der Waals surface area contributed by atoms with Crippen molar-refractivity contribution >= 4 is 12.0 Å². The molecule has 0 spiro atoms. The van der Waals surface area contributed by atoms with E-state index in [4.69, 9.17) is 11.1 Å². The van der Waals surface area contributed by atoms with Crippen LogP contribution < -0.4 is 5.73 Å². The van der Waals surface area contributed by atoms with Crippen LogP contribution >= 0.6 is 0 Å². The van der Waals surface area contributed by atoms with E-state index in [-0.39, 0.29) is 28.3 Å². The van der Waals surface area contributed by atoms with Crippen molar-refractivity contribution in [3.05, 3.63) is 34.6 Å². The Balaban J connectivity index is 2.69. The van der Waals surface area contributed by atoms with Gasteiger partial charge in [0.15, 0.2) is 5.82 Å². The Morgan fingerprint density at radius 2 is 1.86 bits per heavy atom. The number of nitrogens with two attached hydrogens (primary N) is 1. The smallest absolute Gasteiger partial charge is 0.416 e. The number of nitrogens with zero attached hydrogens (tertiary/aromatic N) is 2. The first kappa shape index (κ1) is 15.7. The molecule has 116 valence electrons. The first-order chi connectivity index (χ1) is 10.1. The molecule has 22 heavy (non-hydrogen) atoms. The Morgan fingerprint density at radius 1 is 1.23 bits per heavy atom. The van der Waals surface area contributed by atoms with Gasteiger partial charge in [-0.15, -0.1) is 0 Å². The summed E-state index contributed by atoms with van der Waals surface area (Å²) >= 11 is 0. The number of aromatic hydroxyl groups is 1. The van der Waals surface area contributed by atoms with Crippen LogP contribution in [-0.2, 0) is 6.18 Å². The summed E-state index contributed by atoms with van der Waals surface area (Å²) in [5, 5.41) is 17.1. The molecule has 0 saturated carbocycles. The van der Waals surface area contributed by atoms with Crippen molar-refractivity contribution < 1.29 is 18.3 Å². The minimum atomic E-state index is -4.55. The fourth-order valence-electron chi connectivity index (χ4n) is 2.13. The number of rotatable bonds is 2. The SMILES string of the molecule is Cc1cc(C(F)(F)F)cc(O)c1-c1nc(N)c(C=N)nc1C. The highest BCUT2D eigenvalue weighted by Crippen LogP contribution is 2.39. The normalized spacial score (nSPS) is 11.5. The van der Waals surface area contributed by atoms with E-state index < -0.39 is 17.5 Å². The summed E-state index contributed by atoms with van der Waals surface area (Å²) in [6.07, 6.45) is -3.62. The van der Waals surface area contributed by atoms with Gasteiger partial charge in [-0.25, -0.2) is 9.97 Å². The largest absolute Gasteiger partial charge is 0.507 e. The number of alkyl halides is 3. The number of aryl methyl sites for hydroxylation is 2. The van der Waals surface area contributed by atoms with Gasteiger partial charge in [0, 0.05) is 11.8 Å². The maximum absolute atomic E-state index is 12.7. The molecule has 0 atom stereocenters. The molecule has 2 aromatic rings. The molecular weight excluding hydrogens is 297 g/mol. The Morgan fingerprint density at radius 3 is 2.36 bits per heavy atom. The Hall–Kier alpha value is -2.64. The van der Waals surface area contributed by atoms with Crippen LogP contribution in [0.2, 0.25) is 0 Å². The highest BCUT2D eigenvalue weighted by Gasteiger charge is 2.32. The van der Waals surface area contributed by atoms with Gasteiger partial charge in [0.2, 0.25) is 0 Å². The maximum Gasteiger partial charge on any atom is 0.416 e. The van der Waals surface area contributed by atoms with E-state index in [1.165, 1.54) is 6.92 Å². The van der Waals surface area contributed by atoms with Crippen molar-refractivity contribution in [2.24, 2.45) is 0 Å². The molecule has 0 fully saturated rings. The van der Waals surface area contributed by atoms with Crippen molar-refractivity contribution in [2.75, 3.05) is 5.73 Å². The number of halogens is 3. The molecule has 0 unspecified atom stereocenters. The molecular formula is C14H13F3N4O. The van der Waals surface area contributed by atoms with Gasteiger partial charge in [-0.05, 0) is 31.5 Å². The number of phenols is 1. The van der Waals surface area contributed by atoms with E-state index in [9.17, 15) is 18.3 Å². The van der Waals surface area contributed by atoms with Crippen LogP contribution in [0, 0.1) is 19.3 Å². The number of aromatic nitrogens is 2. The molecule has 0 aliphatic carbocycles. The number of hydrogen-bond acceptors (Lipinski definition) is 5. The first-order valence-corrected chi connectivity index (χ1v) is 6.21. The lowest BCUT2D eigenvalue weighted by molar-refractivity contribution is -0.137. The van der Waals surface area contributed by atoms with Crippen molar-refractivity contribution in [2.45, 2.75) is 20.0 Å². The Bertz CT molecular complexity index is 733. The molecule has 1 heterocycles. The Kier molecular flexibility index (Phi) is 3.78.